The van der Waals surface area contributed by atoms with Crippen molar-refractivity contribution in [3.63, 3.8) is 0 Å². The van der Waals surface area contributed by atoms with Crippen molar-refractivity contribution in [3.8, 4) is 0 Å². The summed E-state index contributed by atoms with van der Waals surface area (Å²) in [7, 11) is 0. The van der Waals surface area contributed by atoms with Crippen molar-refractivity contribution < 1.29 is 19.1 Å². The number of carbonyl (C=O) groups excluding carboxylic acids is 1. The van der Waals surface area contributed by atoms with E-state index in [-0.39, 0.29) is 11.3 Å². The summed E-state index contributed by atoms with van der Waals surface area (Å²) in [4.78, 5) is 23.4. The van der Waals surface area contributed by atoms with Crippen LogP contribution in [0.1, 0.15) is 33.5 Å². The number of carbonyl (C=O) groups is 2. The lowest BCUT2D eigenvalue weighted by Gasteiger charge is -2.08. The van der Waals surface area contributed by atoms with Gasteiger partial charge in [-0.15, -0.1) is 0 Å². The number of anilines is 1. The molecule has 0 saturated heterocycles. The zero-order chi connectivity index (χ0) is 17.3. The van der Waals surface area contributed by atoms with Crippen LogP contribution in [0.15, 0.2) is 42.5 Å². The van der Waals surface area contributed by atoms with Crippen molar-refractivity contribution in [2.75, 3.05) is 5.32 Å². The molecule has 1 aliphatic rings. The fourth-order valence-corrected chi connectivity index (χ4v) is 3.01. The Labute approximate surface area is 138 Å². The zero-order valence-electron chi connectivity index (χ0n) is 13.1. The van der Waals surface area contributed by atoms with E-state index in [1.54, 1.807) is 0 Å². The monoisotopic (exact) mass is 325 g/mol. The molecule has 2 aromatic rings. The average Bonchev–Trinajstić information content (AvgIpc) is 2.93. The molecule has 2 aromatic carbocycles. The molecule has 3 rings (SSSR count). The molecular formula is C19H16FNO3. The van der Waals surface area contributed by atoms with Gasteiger partial charge in [-0.25, -0.2) is 9.18 Å². The third-order valence-corrected chi connectivity index (χ3v) is 4.18. The van der Waals surface area contributed by atoms with Crippen LogP contribution in [-0.4, -0.2) is 17.0 Å². The van der Waals surface area contributed by atoms with Crippen molar-refractivity contribution >= 4 is 23.1 Å². The maximum atomic E-state index is 13.2. The Morgan fingerprint density at radius 1 is 1.21 bits per heavy atom. The molecule has 4 nitrogen and oxygen atoms in total. The summed E-state index contributed by atoms with van der Waals surface area (Å²) in [5, 5.41) is 11.6. The molecule has 0 bridgehead atoms. The van der Waals surface area contributed by atoms with Gasteiger partial charge in [-0.2, -0.15) is 0 Å². The Bertz CT molecular complexity index is 871. The lowest BCUT2D eigenvalue weighted by atomic mass is 10.0. The molecule has 0 aromatic heterocycles. The Morgan fingerprint density at radius 2 is 2.00 bits per heavy atom. The van der Waals surface area contributed by atoms with E-state index in [0.717, 1.165) is 36.1 Å². The van der Waals surface area contributed by atoms with Crippen molar-refractivity contribution in [1.29, 1.82) is 0 Å². The highest BCUT2D eigenvalue weighted by molar-refractivity contribution is 6.07. The van der Waals surface area contributed by atoms with Crippen LogP contribution in [0.5, 0.6) is 0 Å². The van der Waals surface area contributed by atoms with E-state index >= 15 is 0 Å². The van der Waals surface area contributed by atoms with Gasteiger partial charge in [-0.1, -0.05) is 18.2 Å². The lowest BCUT2D eigenvalue weighted by molar-refractivity contribution is -0.111. The minimum Gasteiger partial charge on any atom is -0.478 e. The van der Waals surface area contributed by atoms with E-state index in [1.807, 2.05) is 25.1 Å². The van der Waals surface area contributed by atoms with Crippen molar-refractivity contribution in [2.24, 2.45) is 0 Å². The summed E-state index contributed by atoms with van der Waals surface area (Å²) in [5.74, 6) is -2.38. The standard InChI is InChI=1S/C19H16FNO3/c1-11-3-2-4-15-12(5-7-14(11)15)9-18(22)21-17-8-6-13(20)10-16(17)19(23)24/h2-4,6,8-10H,5,7H2,1H3,(H,21,22)(H,23,24). The first-order valence-electron chi connectivity index (χ1n) is 7.59. The van der Waals surface area contributed by atoms with E-state index in [4.69, 9.17) is 5.11 Å². The van der Waals surface area contributed by atoms with E-state index < -0.39 is 17.7 Å². The van der Waals surface area contributed by atoms with Crippen LogP contribution >= 0.6 is 0 Å². The molecule has 0 unspecified atom stereocenters. The highest BCUT2D eigenvalue weighted by Crippen LogP contribution is 2.34. The molecule has 0 radical (unpaired) electrons. The Hall–Kier alpha value is -2.95. The number of fused-ring (bicyclic) bond motifs is 1. The number of allylic oxidation sites excluding steroid dienone is 1. The van der Waals surface area contributed by atoms with Crippen molar-refractivity contribution in [3.05, 3.63) is 70.5 Å². The topological polar surface area (TPSA) is 66.4 Å². The van der Waals surface area contributed by atoms with Gasteiger partial charge in [0, 0.05) is 6.08 Å². The number of amides is 1. The number of nitrogens with one attached hydrogen (secondary N) is 1. The third-order valence-electron chi connectivity index (χ3n) is 4.18. The van der Waals surface area contributed by atoms with Gasteiger partial charge in [-0.3, -0.25) is 4.79 Å². The first-order chi connectivity index (χ1) is 11.5. The normalized spacial score (nSPS) is 14.5. The highest BCUT2D eigenvalue weighted by atomic mass is 19.1. The van der Waals surface area contributed by atoms with E-state index in [9.17, 15) is 14.0 Å². The van der Waals surface area contributed by atoms with Gasteiger partial charge in [-0.05, 0) is 60.2 Å². The third kappa shape index (κ3) is 3.06. The molecule has 0 spiro atoms. The van der Waals surface area contributed by atoms with Crippen molar-refractivity contribution in [2.45, 2.75) is 19.8 Å². The molecule has 0 aliphatic heterocycles. The number of halogens is 1. The van der Waals surface area contributed by atoms with Crippen molar-refractivity contribution in [1.82, 2.24) is 0 Å². The summed E-state index contributed by atoms with van der Waals surface area (Å²) in [6.45, 7) is 2.04. The number of aromatic carboxylic acids is 1. The van der Waals surface area contributed by atoms with Crippen LogP contribution in [0.4, 0.5) is 10.1 Å². The van der Waals surface area contributed by atoms with Crippen LogP contribution in [0, 0.1) is 12.7 Å². The number of aryl methyl sites for hydroxylation is 1. The number of rotatable bonds is 3. The van der Waals surface area contributed by atoms with Crippen LogP contribution < -0.4 is 5.32 Å². The Balaban J connectivity index is 1.86. The first kappa shape index (κ1) is 15.9. The summed E-state index contributed by atoms with van der Waals surface area (Å²) >= 11 is 0. The van der Waals surface area contributed by atoms with Gasteiger partial charge in [0.25, 0.3) is 0 Å². The van der Waals surface area contributed by atoms with Gasteiger partial charge < -0.3 is 10.4 Å². The first-order valence-corrected chi connectivity index (χ1v) is 7.59. The summed E-state index contributed by atoms with van der Waals surface area (Å²) < 4.78 is 13.2. The summed E-state index contributed by atoms with van der Waals surface area (Å²) in [6.07, 6.45) is 3.14. The number of hydrogen-bond acceptors (Lipinski definition) is 2. The van der Waals surface area contributed by atoms with Crippen LogP contribution in [0.3, 0.4) is 0 Å². The number of hydrogen-bond donors (Lipinski definition) is 2. The Morgan fingerprint density at radius 3 is 2.75 bits per heavy atom. The van der Waals surface area contributed by atoms with Gasteiger partial charge in [0.05, 0.1) is 11.3 Å². The largest absolute Gasteiger partial charge is 0.478 e. The predicted octanol–water partition coefficient (Wildman–Crippen LogP) is 3.80. The van der Waals surface area contributed by atoms with Gasteiger partial charge >= 0.3 is 5.97 Å². The van der Waals surface area contributed by atoms with Gasteiger partial charge in [0.2, 0.25) is 5.91 Å². The smallest absolute Gasteiger partial charge is 0.337 e. The summed E-state index contributed by atoms with van der Waals surface area (Å²) in [6, 6.07) is 9.23. The van der Waals surface area contributed by atoms with Crippen LogP contribution in [0.2, 0.25) is 0 Å². The molecule has 122 valence electrons. The lowest BCUT2D eigenvalue weighted by Crippen LogP contribution is -2.12. The summed E-state index contributed by atoms with van der Waals surface area (Å²) in [5.41, 5.74) is 4.22. The maximum Gasteiger partial charge on any atom is 0.337 e. The second kappa shape index (κ2) is 6.28. The second-order valence-corrected chi connectivity index (χ2v) is 5.75. The highest BCUT2D eigenvalue weighted by Gasteiger charge is 2.19. The number of carboxylic acids is 1. The minimum atomic E-state index is -1.29. The molecule has 24 heavy (non-hydrogen) atoms. The number of carboxylic acid groups (broad SMARTS) is 1. The molecule has 0 fully saturated rings. The molecule has 0 heterocycles. The van der Waals surface area contributed by atoms with Crippen LogP contribution in [-0.2, 0) is 11.2 Å². The predicted molar refractivity (Wildman–Crippen MR) is 89.5 cm³/mol. The zero-order valence-corrected chi connectivity index (χ0v) is 13.1. The molecule has 1 amide bonds. The Kier molecular flexibility index (Phi) is 4.16. The second-order valence-electron chi connectivity index (χ2n) is 5.75. The van der Waals surface area contributed by atoms with Gasteiger partial charge in [0.1, 0.15) is 5.82 Å². The minimum absolute atomic E-state index is 0.0770. The fourth-order valence-electron chi connectivity index (χ4n) is 3.01. The molecule has 1 aliphatic carbocycles. The quantitative estimate of drug-likeness (QED) is 0.844. The van der Waals surface area contributed by atoms with E-state index in [1.165, 1.54) is 23.3 Å². The molecule has 0 saturated carbocycles. The SMILES string of the molecule is Cc1cccc2c1CCC2=CC(=O)Nc1ccc(F)cc1C(=O)O. The van der Waals surface area contributed by atoms with Gasteiger partial charge in [0.15, 0.2) is 0 Å². The fraction of sp³-hybridized carbons (Fsp3) is 0.158. The number of benzene rings is 2. The molecule has 0 atom stereocenters. The molecule has 2 N–H and O–H groups in total. The average molecular weight is 325 g/mol. The van der Waals surface area contributed by atoms with E-state index in [0.29, 0.717) is 0 Å². The van der Waals surface area contributed by atoms with Crippen LogP contribution in [0.25, 0.3) is 5.57 Å². The molecule has 5 heteroatoms. The molecular weight excluding hydrogens is 309 g/mol. The van der Waals surface area contributed by atoms with E-state index in [2.05, 4.69) is 5.32 Å². The maximum absolute atomic E-state index is 13.2.